The van der Waals surface area contributed by atoms with Crippen LogP contribution in [0.15, 0.2) is 48.7 Å². The Hall–Kier alpha value is -1.91. The zero-order valence-corrected chi connectivity index (χ0v) is 9.50. The molecule has 0 atom stereocenters. The standard InChI is InChI=1S/C12H9ClN2O2/c13-9-4-3-5-10(8-9)15(17)12(16)11-6-1-2-7-14-11/h1-8,17H. The molecule has 0 saturated heterocycles. The van der Waals surface area contributed by atoms with E-state index in [-0.39, 0.29) is 5.69 Å². The van der Waals surface area contributed by atoms with Gasteiger partial charge in [-0.15, -0.1) is 0 Å². The van der Waals surface area contributed by atoms with Gasteiger partial charge < -0.3 is 0 Å². The first kappa shape index (κ1) is 11.6. The van der Waals surface area contributed by atoms with Gasteiger partial charge in [0.1, 0.15) is 5.69 Å². The number of aromatic nitrogens is 1. The van der Waals surface area contributed by atoms with Crippen LogP contribution in [-0.2, 0) is 0 Å². The summed E-state index contributed by atoms with van der Waals surface area (Å²) in [6.07, 6.45) is 1.49. The first-order chi connectivity index (χ1) is 8.18. The molecule has 1 N–H and O–H groups in total. The van der Waals surface area contributed by atoms with E-state index < -0.39 is 5.91 Å². The number of rotatable bonds is 2. The number of hydroxylamine groups is 1. The van der Waals surface area contributed by atoms with Crippen LogP contribution in [0.3, 0.4) is 0 Å². The van der Waals surface area contributed by atoms with Crippen molar-refractivity contribution in [3.05, 3.63) is 59.4 Å². The van der Waals surface area contributed by atoms with Gasteiger partial charge in [-0.05, 0) is 30.3 Å². The number of hydrogen-bond acceptors (Lipinski definition) is 3. The van der Waals surface area contributed by atoms with Crippen molar-refractivity contribution in [2.75, 3.05) is 5.06 Å². The van der Waals surface area contributed by atoms with Crippen LogP contribution >= 0.6 is 11.6 Å². The Bertz CT molecular complexity index is 531. The number of nitrogens with zero attached hydrogens (tertiary/aromatic N) is 2. The molecule has 4 nitrogen and oxygen atoms in total. The number of carbonyl (C=O) groups is 1. The lowest BCUT2D eigenvalue weighted by atomic mass is 10.3. The molecule has 17 heavy (non-hydrogen) atoms. The Morgan fingerprint density at radius 2 is 2.06 bits per heavy atom. The van der Waals surface area contributed by atoms with Crippen molar-refractivity contribution >= 4 is 23.2 Å². The van der Waals surface area contributed by atoms with Crippen LogP contribution in [0.25, 0.3) is 0 Å². The molecule has 2 rings (SSSR count). The maximum atomic E-state index is 11.8. The van der Waals surface area contributed by atoms with E-state index in [2.05, 4.69) is 4.98 Å². The minimum atomic E-state index is -0.604. The molecule has 0 aliphatic heterocycles. The highest BCUT2D eigenvalue weighted by Gasteiger charge is 2.16. The summed E-state index contributed by atoms with van der Waals surface area (Å²) in [5.41, 5.74) is 0.461. The van der Waals surface area contributed by atoms with Gasteiger partial charge in [0.05, 0.1) is 5.69 Å². The predicted octanol–water partition coefficient (Wildman–Crippen LogP) is 2.77. The number of amides is 1. The van der Waals surface area contributed by atoms with E-state index in [1.54, 1.807) is 30.3 Å². The minimum Gasteiger partial charge on any atom is -0.281 e. The number of carbonyl (C=O) groups excluding carboxylic acids is 1. The van der Waals surface area contributed by atoms with Crippen LogP contribution in [0.1, 0.15) is 10.5 Å². The summed E-state index contributed by atoms with van der Waals surface area (Å²) >= 11 is 5.77. The molecule has 0 spiro atoms. The van der Waals surface area contributed by atoms with E-state index in [1.807, 2.05) is 0 Å². The maximum Gasteiger partial charge on any atom is 0.300 e. The van der Waals surface area contributed by atoms with Gasteiger partial charge in [-0.3, -0.25) is 15.0 Å². The van der Waals surface area contributed by atoms with Crippen LogP contribution in [-0.4, -0.2) is 16.1 Å². The highest BCUT2D eigenvalue weighted by atomic mass is 35.5. The third-order valence-corrected chi connectivity index (χ3v) is 2.36. The third kappa shape index (κ3) is 2.61. The summed E-state index contributed by atoms with van der Waals surface area (Å²) in [5.74, 6) is -0.604. The van der Waals surface area contributed by atoms with Crippen LogP contribution in [0.5, 0.6) is 0 Å². The Morgan fingerprint density at radius 1 is 1.24 bits per heavy atom. The Balaban J connectivity index is 2.27. The Kier molecular flexibility index (Phi) is 3.37. The smallest absolute Gasteiger partial charge is 0.281 e. The molecule has 0 fully saturated rings. The largest absolute Gasteiger partial charge is 0.300 e. The fourth-order valence-electron chi connectivity index (χ4n) is 1.32. The zero-order chi connectivity index (χ0) is 12.3. The van der Waals surface area contributed by atoms with Crippen LogP contribution < -0.4 is 5.06 Å². The second kappa shape index (κ2) is 4.95. The molecular formula is C12H9ClN2O2. The second-order valence-electron chi connectivity index (χ2n) is 3.31. The normalized spacial score (nSPS) is 10.0. The number of anilines is 1. The highest BCUT2D eigenvalue weighted by molar-refractivity contribution is 6.30. The molecular weight excluding hydrogens is 240 g/mol. The average Bonchev–Trinajstić information content (AvgIpc) is 2.38. The summed E-state index contributed by atoms with van der Waals surface area (Å²) in [4.78, 5) is 15.7. The van der Waals surface area contributed by atoms with Gasteiger partial charge in [0.25, 0.3) is 0 Å². The lowest BCUT2D eigenvalue weighted by Gasteiger charge is -2.14. The molecule has 86 valence electrons. The van der Waals surface area contributed by atoms with Crippen molar-refractivity contribution in [3.63, 3.8) is 0 Å². The molecule has 1 aromatic carbocycles. The average molecular weight is 249 g/mol. The van der Waals surface area contributed by atoms with E-state index in [1.165, 1.54) is 18.3 Å². The number of benzene rings is 1. The molecule has 0 saturated carbocycles. The SMILES string of the molecule is O=C(c1ccccn1)N(O)c1cccc(Cl)c1. The molecule has 0 unspecified atom stereocenters. The summed E-state index contributed by atoms with van der Waals surface area (Å²) in [6.45, 7) is 0. The molecule has 0 radical (unpaired) electrons. The summed E-state index contributed by atoms with van der Waals surface area (Å²) < 4.78 is 0. The van der Waals surface area contributed by atoms with Crippen molar-refractivity contribution in [3.8, 4) is 0 Å². The zero-order valence-electron chi connectivity index (χ0n) is 8.75. The number of halogens is 1. The van der Waals surface area contributed by atoms with E-state index in [0.717, 1.165) is 0 Å². The fraction of sp³-hybridized carbons (Fsp3) is 0. The van der Waals surface area contributed by atoms with Crippen molar-refractivity contribution < 1.29 is 10.0 Å². The quantitative estimate of drug-likeness (QED) is 0.657. The first-order valence-corrected chi connectivity index (χ1v) is 5.26. The van der Waals surface area contributed by atoms with Crippen molar-refractivity contribution in [2.24, 2.45) is 0 Å². The topological polar surface area (TPSA) is 53.4 Å². The minimum absolute atomic E-state index is 0.162. The fourth-order valence-corrected chi connectivity index (χ4v) is 1.51. The number of hydrogen-bond donors (Lipinski definition) is 1. The van der Waals surface area contributed by atoms with Gasteiger partial charge in [-0.1, -0.05) is 23.7 Å². The molecule has 2 aromatic rings. The molecule has 1 heterocycles. The lowest BCUT2D eigenvalue weighted by molar-refractivity contribution is 0.0849. The molecule has 5 heteroatoms. The van der Waals surface area contributed by atoms with Crippen molar-refractivity contribution in [2.45, 2.75) is 0 Å². The Morgan fingerprint density at radius 3 is 2.71 bits per heavy atom. The van der Waals surface area contributed by atoms with Gasteiger partial charge in [-0.25, -0.2) is 0 Å². The summed E-state index contributed by atoms with van der Waals surface area (Å²) in [7, 11) is 0. The third-order valence-electron chi connectivity index (χ3n) is 2.13. The lowest BCUT2D eigenvalue weighted by Crippen LogP contribution is -2.27. The second-order valence-corrected chi connectivity index (χ2v) is 3.75. The van der Waals surface area contributed by atoms with Gasteiger partial charge >= 0.3 is 5.91 Å². The molecule has 0 bridgehead atoms. The van der Waals surface area contributed by atoms with Crippen LogP contribution in [0, 0.1) is 0 Å². The van der Waals surface area contributed by atoms with Gasteiger partial charge in [0.15, 0.2) is 0 Å². The van der Waals surface area contributed by atoms with E-state index in [9.17, 15) is 10.0 Å². The number of pyridine rings is 1. The van der Waals surface area contributed by atoms with Crippen LogP contribution in [0.2, 0.25) is 5.02 Å². The Labute approximate surface area is 103 Å². The summed E-state index contributed by atoms with van der Waals surface area (Å²) in [5, 5.41) is 10.7. The van der Waals surface area contributed by atoms with Crippen molar-refractivity contribution in [1.29, 1.82) is 0 Å². The molecule has 0 aliphatic carbocycles. The van der Waals surface area contributed by atoms with E-state index >= 15 is 0 Å². The van der Waals surface area contributed by atoms with Gasteiger partial charge in [0, 0.05) is 11.2 Å². The van der Waals surface area contributed by atoms with Gasteiger partial charge in [-0.2, -0.15) is 5.06 Å². The highest BCUT2D eigenvalue weighted by Crippen LogP contribution is 2.19. The van der Waals surface area contributed by atoms with Crippen LogP contribution in [0.4, 0.5) is 5.69 Å². The molecule has 0 aliphatic rings. The van der Waals surface area contributed by atoms with Crippen molar-refractivity contribution in [1.82, 2.24) is 4.98 Å². The summed E-state index contributed by atoms with van der Waals surface area (Å²) in [6, 6.07) is 11.3. The monoisotopic (exact) mass is 248 g/mol. The maximum absolute atomic E-state index is 11.8. The first-order valence-electron chi connectivity index (χ1n) is 4.88. The van der Waals surface area contributed by atoms with E-state index in [4.69, 9.17) is 11.6 Å². The predicted molar refractivity (Wildman–Crippen MR) is 64.3 cm³/mol. The molecule has 1 amide bonds. The van der Waals surface area contributed by atoms with E-state index in [0.29, 0.717) is 15.8 Å². The molecule has 1 aromatic heterocycles. The van der Waals surface area contributed by atoms with Gasteiger partial charge in [0.2, 0.25) is 0 Å².